The number of morpholine rings is 1. The fourth-order valence-electron chi connectivity index (χ4n) is 2.92. The molecule has 2 heterocycles. The van der Waals surface area contributed by atoms with Crippen molar-refractivity contribution in [3.8, 4) is 11.8 Å². The van der Waals surface area contributed by atoms with Gasteiger partial charge in [-0.15, -0.1) is 11.3 Å². The number of halogens is 1. The Bertz CT molecular complexity index is 869. The number of carboxylic acids is 1. The second-order valence-electron chi connectivity index (χ2n) is 5.75. The van der Waals surface area contributed by atoms with E-state index in [0.717, 1.165) is 16.9 Å². The van der Waals surface area contributed by atoms with Gasteiger partial charge in [0.1, 0.15) is 21.7 Å². The highest BCUT2D eigenvalue weighted by atomic mass is 35.5. The standard InChI is InChI=1S/C18H17ClN2O4S/c1-24-15-9-11(2-3-14(15)19)8-12-13(10-20)17(26-16(12)18(22)23)21-4-6-25-7-5-21/h2-3,9H,4-8H2,1H3,(H,22,23). The van der Waals surface area contributed by atoms with Gasteiger partial charge in [-0.2, -0.15) is 5.26 Å². The highest BCUT2D eigenvalue weighted by molar-refractivity contribution is 7.18. The number of ether oxygens (including phenoxy) is 2. The number of anilines is 1. The van der Waals surface area contributed by atoms with Gasteiger partial charge in [-0.05, 0) is 17.7 Å². The maximum Gasteiger partial charge on any atom is 0.346 e. The fraction of sp³-hybridized carbons (Fsp3) is 0.333. The monoisotopic (exact) mass is 392 g/mol. The van der Waals surface area contributed by atoms with E-state index in [2.05, 4.69) is 6.07 Å². The molecule has 0 bridgehead atoms. The van der Waals surface area contributed by atoms with Crippen LogP contribution in [0.2, 0.25) is 5.02 Å². The number of rotatable bonds is 5. The summed E-state index contributed by atoms with van der Waals surface area (Å²) in [5.41, 5.74) is 1.77. The highest BCUT2D eigenvalue weighted by Gasteiger charge is 2.26. The lowest BCUT2D eigenvalue weighted by Crippen LogP contribution is -2.36. The van der Waals surface area contributed by atoms with Gasteiger partial charge in [0, 0.05) is 25.1 Å². The molecule has 1 aromatic carbocycles. The number of carboxylic acid groups (broad SMARTS) is 1. The number of thiophene rings is 1. The van der Waals surface area contributed by atoms with Crippen LogP contribution >= 0.6 is 22.9 Å². The van der Waals surface area contributed by atoms with Gasteiger partial charge in [0.2, 0.25) is 0 Å². The van der Waals surface area contributed by atoms with Crippen molar-refractivity contribution in [3.05, 3.63) is 44.8 Å². The second-order valence-corrected chi connectivity index (χ2v) is 7.16. The van der Waals surface area contributed by atoms with E-state index in [-0.39, 0.29) is 4.88 Å². The summed E-state index contributed by atoms with van der Waals surface area (Å²) in [6, 6.07) is 7.48. The van der Waals surface area contributed by atoms with Crippen molar-refractivity contribution in [1.29, 1.82) is 5.26 Å². The molecule has 26 heavy (non-hydrogen) atoms. The van der Waals surface area contributed by atoms with E-state index in [9.17, 15) is 15.2 Å². The molecular weight excluding hydrogens is 376 g/mol. The first-order chi connectivity index (χ1) is 12.5. The number of methoxy groups -OCH3 is 1. The summed E-state index contributed by atoms with van der Waals surface area (Å²) in [6.07, 6.45) is 0.318. The third-order valence-electron chi connectivity index (χ3n) is 4.19. The smallest absolute Gasteiger partial charge is 0.346 e. The second kappa shape index (κ2) is 7.96. The number of nitriles is 1. The Labute approximate surface area is 160 Å². The molecule has 0 atom stereocenters. The minimum absolute atomic E-state index is 0.192. The van der Waals surface area contributed by atoms with Gasteiger partial charge in [0.25, 0.3) is 0 Å². The molecule has 8 heteroatoms. The number of hydrogen-bond acceptors (Lipinski definition) is 6. The Morgan fingerprint density at radius 1 is 1.46 bits per heavy atom. The summed E-state index contributed by atoms with van der Waals surface area (Å²) in [5.74, 6) is -0.509. The molecular formula is C18H17ClN2O4S. The molecule has 1 aromatic heterocycles. The van der Waals surface area contributed by atoms with Gasteiger partial charge >= 0.3 is 5.97 Å². The zero-order valence-corrected chi connectivity index (χ0v) is 15.7. The minimum Gasteiger partial charge on any atom is -0.495 e. The molecule has 1 saturated heterocycles. The van der Waals surface area contributed by atoms with Crippen LogP contribution < -0.4 is 9.64 Å². The zero-order chi connectivity index (χ0) is 18.7. The first kappa shape index (κ1) is 18.5. The molecule has 3 rings (SSSR count). The lowest BCUT2D eigenvalue weighted by Gasteiger charge is -2.27. The first-order valence-electron chi connectivity index (χ1n) is 7.99. The molecule has 6 nitrogen and oxygen atoms in total. The quantitative estimate of drug-likeness (QED) is 0.839. The maximum atomic E-state index is 11.8. The van der Waals surface area contributed by atoms with Gasteiger partial charge in [-0.25, -0.2) is 4.79 Å². The zero-order valence-electron chi connectivity index (χ0n) is 14.1. The van der Waals surface area contributed by atoms with Crippen LogP contribution in [0.1, 0.15) is 26.4 Å². The Kier molecular flexibility index (Phi) is 5.67. The van der Waals surface area contributed by atoms with Gasteiger partial charge in [0.05, 0.1) is 30.9 Å². The van der Waals surface area contributed by atoms with E-state index < -0.39 is 5.97 Å². The highest BCUT2D eigenvalue weighted by Crippen LogP contribution is 2.38. The van der Waals surface area contributed by atoms with Gasteiger partial charge < -0.3 is 19.5 Å². The molecule has 0 aliphatic carbocycles. The van der Waals surface area contributed by atoms with Crippen molar-refractivity contribution in [2.45, 2.75) is 6.42 Å². The molecule has 136 valence electrons. The largest absolute Gasteiger partial charge is 0.495 e. The van der Waals surface area contributed by atoms with Crippen LogP contribution in [0.25, 0.3) is 0 Å². The van der Waals surface area contributed by atoms with Crippen LogP contribution in [0.5, 0.6) is 5.75 Å². The molecule has 2 aromatic rings. The van der Waals surface area contributed by atoms with Crippen LogP contribution in [-0.4, -0.2) is 44.5 Å². The summed E-state index contributed by atoms with van der Waals surface area (Å²) in [5, 5.41) is 20.5. The van der Waals surface area contributed by atoms with Crippen LogP contribution in [0.4, 0.5) is 5.00 Å². The lowest BCUT2D eigenvalue weighted by molar-refractivity contribution is 0.0701. The van der Waals surface area contributed by atoms with E-state index in [4.69, 9.17) is 21.1 Å². The number of carbonyl (C=O) groups is 1. The summed E-state index contributed by atoms with van der Waals surface area (Å²) >= 11 is 7.21. The van der Waals surface area contributed by atoms with Crippen LogP contribution in [0.3, 0.4) is 0 Å². The van der Waals surface area contributed by atoms with Gasteiger partial charge in [-0.3, -0.25) is 0 Å². The fourth-order valence-corrected chi connectivity index (χ4v) is 4.27. The average Bonchev–Trinajstić information content (AvgIpc) is 3.02. The van der Waals surface area contributed by atoms with Crippen molar-refractivity contribution in [2.24, 2.45) is 0 Å². The summed E-state index contributed by atoms with van der Waals surface area (Å²) < 4.78 is 10.6. The Morgan fingerprint density at radius 3 is 2.81 bits per heavy atom. The third kappa shape index (κ3) is 3.63. The van der Waals surface area contributed by atoms with E-state index in [0.29, 0.717) is 59.6 Å². The lowest BCUT2D eigenvalue weighted by atomic mass is 10.0. The van der Waals surface area contributed by atoms with Crippen molar-refractivity contribution in [3.63, 3.8) is 0 Å². The maximum absolute atomic E-state index is 11.8. The molecule has 1 fully saturated rings. The van der Waals surface area contributed by atoms with Gasteiger partial charge in [0.15, 0.2) is 0 Å². The van der Waals surface area contributed by atoms with Crippen molar-refractivity contribution in [2.75, 3.05) is 38.3 Å². The van der Waals surface area contributed by atoms with Crippen molar-refractivity contribution >= 4 is 33.9 Å². The summed E-state index contributed by atoms with van der Waals surface area (Å²) in [7, 11) is 1.52. The molecule has 1 aliphatic rings. The molecule has 0 saturated carbocycles. The SMILES string of the molecule is COc1cc(Cc2c(C(=O)O)sc(N3CCOCC3)c2C#N)ccc1Cl. The van der Waals surface area contributed by atoms with Crippen LogP contribution in [-0.2, 0) is 11.2 Å². The molecule has 0 amide bonds. The van der Waals surface area contributed by atoms with Crippen molar-refractivity contribution in [1.82, 2.24) is 0 Å². The third-order valence-corrected chi connectivity index (χ3v) is 5.78. The minimum atomic E-state index is -1.03. The normalized spacial score (nSPS) is 14.1. The molecule has 1 N–H and O–H groups in total. The summed E-state index contributed by atoms with van der Waals surface area (Å²) in [4.78, 5) is 14.0. The van der Waals surface area contributed by atoms with Gasteiger partial charge in [-0.1, -0.05) is 17.7 Å². The first-order valence-corrected chi connectivity index (χ1v) is 9.18. The average molecular weight is 393 g/mol. The van der Waals surface area contributed by atoms with Crippen LogP contribution in [0.15, 0.2) is 18.2 Å². The predicted octanol–water partition coefficient (Wildman–Crippen LogP) is 3.41. The predicted molar refractivity (Wildman–Crippen MR) is 99.8 cm³/mol. The molecule has 1 aliphatic heterocycles. The molecule has 0 radical (unpaired) electrons. The van der Waals surface area contributed by atoms with E-state index in [1.54, 1.807) is 12.1 Å². The topological polar surface area (TPSA) is 82.8 Å². The molecule has 0 unspecified atom stereocenters. The summed E-state index contributed by atoms with van der Waals surface area (Å²) in [6.45, 7) is 2.41. The van der Waals surface area contributed by atoms with E-state index in [1.165, 1.54) is 7.11 Å². The number of hydrogen-bond donors (Lipinski definition) is 1. The number of aromatic carboxylic acids is 1. The Hall–Kier alpha value is -2.27. The Balaban J connectivity index is 2.03. The van der Waals surface area contributed by atoms with E-state index >= 15 is 0 Å². The van der Waals surface area contributed by atoms with E-state index in [1.807, 2.05) is 11.0 Å². The van der Waals surface area contributed by atoms with Crippen molar-refractivity contribution < 1.29 is 19.4 Å². The van der Waals surface area contributed by atoms with Crippen LogP contribution in [0, 0.1) is 11.3 Å². The molecule has 0 spiro atoms. The number of benzene rings is 1. The Morgan fingerprint density at radius 2 is 2.19 bits per heavy atom. The number of nitrogens with zero attached hydrogens (tertiary/aromatic N) is 2.